The van der Waals surface area contributed by atoms with E-state index in [4.69, 9.17) is 14.2 Å². The number of aromatic nitrogens is 3. The number of ether oxygens (including phenoxy) is 3. The van der Waals surface area contributed by atoms with Gasteiger partial charge in [-0.2, -0.15) is 0 Å². The van der Waals surface area contributed by atoms with Gasteiger partial charge >= 0.3 is 0 Å². The summed E-state index contributed by atoms with van der Waals surface area (Å²) in [5, 5.41) is 11.1. The standard InChI is InChI=1S/C14H28N4O3/c1-13(2)15-4-6-19-8-10-21-11-9-20-7-5-18-12-14(3)16-17-18/h12-13,15H,4-11H2,1-3H3. The number of rotatable bonds is 13. The van der Waals surface area contributed by atoms with Crippen molar-refractivity contribution in [1.82, 2.24) is 20.3 Å². The van der Waals surface area contributed by atoms with Gasteiger partial charge < -0.3 is 19.5 Å². The minimum atomic E-state index is 0.503. The third-order valence-electron chi connectivity index (χ3n) is 2.66. The van der Waals surface area contributed by atoms with E-state index in [1.165, 1.54) is 0 Å². The topological polar surface area (TPSA) is 70.4 Å². The Morgan fingerprint density at radius 2 is 1.67 bits per heavy atom. The van der Waals surface area contributed by atoms with Crippen LogP contribution in [0.1, 0.15) is 19.5 Å². The van der Waals surface area contributed by atoms with Gasteiger partial charge in [-0.3, -0.25) is 0 Å². The lowest BCUT2D eigenvalue weighted by molar-refractivity contribution is 0.0131. The Labute approximate surface area is 126 Å². The zero-order valence-corrected chi connectivity index (χ0v) is 13.4. The molecule has 0 aliphatic carbocycles. The molecule has 7 heteroatoms. The Morgan fingerprint density at radius 1 is 1.05 bits per heavy atom. The summed E-state index contributed by atoms with van der Waals surface area (Å²) in [6.45, 7) is 11.5. The van der Waals surface area contributed by atoms with Gasteiger partial charge in [0.15, 0.2) is 0 Å². The molecule has 0 saturated carbocycles. The van der Waals surface area contributed by atoms with Gasteiger partial charge in [-0.15, -0.1) is 5.10 Å². The van der Waals surface area contributed by atoms with Crippen LogP contribution in [-0.4, -0.2) is 67.2 Å². The monoisotopic (exact) mass is 300 g/mol. The molecule has 0 amide bonds. The van der Waals surface area contributed by atoms with E-state index in [0.717, 1.165) is 18.8 Å². The average molecular weight is 300 g/mol. The maximum Gasteiger partial charge on any atom is 0.0796 e. The highest BCUT2D eigenvalue weighted by atomic mass is 16.5. The summed E-state index contributed by atoms with van der Waals surface area (Å²) in [5.74, 6) is 0. The number of hydrogen-bond acceptors (Lipinski definition) is 6. The van der Waals surface area contributed by atoms with Crippen molar-refractivity contribution in [3.05, 3.63) is 11.9 Å². The first-order chi connectivity index (χ1) is 10.2. The zero-order chi connectivity index (χ0) is 15.3. The van der Waals surface area contributed by atoms with Crippen LogP contribution in [0, 0.1) is 6.92 Å². The van der Waals surface area contributed by atoms with Crippen LogP contribution in [0.25, 0.3) is 0 Å². The van der Waals surface area contributed by atoms with Crippen LogP contribution in [-0.2, 0) is 20.8 Å². The van der Waals surface area contributed by atoms with Crippen LogP contribution in [0.3, 0.4) is 0 Å². The minimum absolute atomic E-state index is 0.503. The minimum Gasteiger partial charge on any atom is -0.378 e. The van der Waals surface area contributed by atoms with E-state index >= 15 is 0 Å². The molecular weight excluding hydrogens is 272 g/mol. The first-order valence-corrected chi connectivity index (χ1v) is 7.52. The molecule has 1 heterocycles. The van der Waals surface area contributed by atoms with E-state index < -0.39 is 0 Å². The fourth-order valence-electron chi connectivity index (χ4n) is 1.62. The second-order valence-corrected chi connectivity index (χ2v) is 5.07. The Balaban J connectivity index is 1.76. The second kappa shape index (κ2) is 11.6. The second-order valence-electron chi connectivity index (χ2n) is 5.07. The fraction of sp³-hybridized carbons (Fsp3) is 0.857. The van der Waals surface area contributed by atoms with Crippen molar-refractivity contribution >= 4 is 0 Å². The van der Waals surface area contributed by atoms with Crippen molar-refractivity contribution in [3.8, 4) is 0 Å². The van der Waals surface area contributed by atoms with E-state index in [2.05, 4.69) is 29.5 Å². The number of nitrogens with one attached hydrogen (secondary N) is 1. The summed E-state index contributed by atoms with van der Waals surface area (Å²) < 4.78 is 18.1. The van der Waals surface area contributed by atoms with E-state index in [1.807, 2.05) is 13.1 Å². The summed E-state index contributed by atoms with van der Waals surface area (Å²) in [4.78, 5) is 0. The van der Waals surface area contributed by atoms with Gasteiger partial charge in [0.25, 0.3) is 0 Å². The molecule has 0 aromatic carbocycles. The summed E-state index contributed by atoms with van der Waals surface area (Å²) >= 11 is 0. The molecule has 0 fully saturated rings. The molecule has 0 aliphatic rings. The molecule has 0 unspecified atom stereocenters. The fourth-order valence-corrected chi connectivity index (χ4v) is 1.62. The largest absolute Gasteiger partial charge is 0.378 e. The maximum absolute atomic E-state index is 5.45. The average Bonchev–Trinajstić information content (AvgIpc) is 2.85. The number of aryl methyl sites for hydroxylation is 1. The molecule has 1 aromatic heterocycles. The van der Waals surface area contributed by atoms with E-state index in [9.17, 15) is 0 Å². The van der Waals surface area contributed by atoms with Gasteiger partial charge in [0.05, 0.1) is 51.9 Å². The van der Waals surface area contributed by atoms with Crippen LogP contribution in [0.5, 0.6) is 0 Å². The lowest BCUT2D eigenvalue weighted by Gasteiger charge is -2.09. The van der Waals surface area contributed by atoms with Crippen molar-refractivity contribution in [3.63, 3.8) is 0 Å². The molecular formula is C14H28N4O3. The Kier molecular flexibility index (Phi) is 9.98. The van der Waals surface area contributed by atoms with Crippen LogP contribution < -0.4 is 5.32 Å². The van der Waals surface area contributed by atoms with E-state index in [1.54, 1.807) is 4.68 Å². The quantitative estimate of drug-likeness (QED) is 0.539. The highest BCUT2D eigenvalue weighted by Crippen LogP contribution is 1.89. The van der Waals surface area contributed by atoms with Gasteiger partial charge in [-0.05, 0) is 6.92 Å². The molecule has 0 bridgehead atoms. The van der Waals surface area contributed by atoms with Crippen molar-refractivity contribution in [2.45, 2.75) is 33.4 Å². The Bertz CT molecular complexity index is 358. The predicted molar refractivity (Wildman–Crippen MR) is 80.4 cm³/mol. The molecule has 21 heavy (non-hydrogen) atoms. The van der Waals surface area contributed by atoms with E-state index in [0.29, 0.717) is 45.6 Å². The van der Waals surface area contributed by atoms with Crippen molar-refractivity contribution in [2.24, 2.45) is 0 Å². The summed E-state index contributed by atoms with van der Waals surface area (Å²) in [5.41, 5.74) is 0.918. The van der Waals surface area contributed by atoms with Crippen LogP contribution in [0.2, 0.25) is 0 Å². The molecule has 0 atom stereocenters. The highest BCUT2D eigenvalue weighted by molar-refractivity contribution is 4.86. The molecule has 122 valence electrons. The molecule has 1 rings (SSSR count). The van der Waals surface area contributed by atoms with Gasteiger partial charge in [-0.1, -0.05) is 19.1 Å². The lowest BCUT2D eigenvalue weighted by atomic mass is 10.4. The van der Waals surface area contributed by atoms with Crippen LogP contribution in [0.4, 0.5) is 0 Å². The normalized spacial score (nSPS) is 11.4. The van der Waals surface area contributed by atoms with Crippen molar-refractivity contribution in [1.29, 1.82) is 0 Å². The predicted octanol–water partition coefficient (Wildman–Crippen LogP) is 0.634. The van der Waals surface area contributed by atoms with Gasteiger partial charge in [0.1, 0.15) is 0 Å². The van der Waals surface area contributed by atoms with Gasteiger partial charge in [-0.25, -0.2) is 4.68 Å². The van der Waals surface area contributed by atoms with Crippen molar-refractivity contribution in [2.75, 3.05) is 46.2 Å². The summed E-state index contributed by atoms with van der Waals surface area (Å²) in [6.07, 6.45) is 1.89. The van der Waals surface area contributed by atoms with Gasteiger partial charge in [0, 0.05) is 18.8 Å². The van der Waals surface area contributed by atoms with Gasteiger partial charge in [0.2, 0.25) is 0 Å². The number of hydrogen-bond donors (Lipinski definition) is 1. The SMILES string of the molecule is Cc1cn(CCOCCOCCOCCNC(C)C)nn1. The summed E-state index contributed by atoms with van der Waals surface area (Å²) in [6, 6.07) is 0.503. The van der Waals surface area contributed by atoms with Crippen LogP contribution >= 0.6 is 0 Å². The summed E-state index contributed by atoms with van der Waals surface area (Å²) in [7, 11) is 0. The Morgan fingerprint density at radius 3 is 2.24 bits per heavy atom. The molecule has 0 aliphatic heterocycles. The highest BCUT2D eigenvalue weighted by Gasteiger charge is 1.96. The van der Waals surface area contributed by atoms with E-state index in [-0.39, 0.29) is 0 Å². The molecule has 0 radical (unpaired) electrons. The maximum atomic E-state index is 5.45. The first kappa shape index (κ1) is 18.0. The van der Waals surface area contributed by atoms with Crippen LogP contribution in [0.15, 0.2) is 6.20 Å². The molecule has 7 nitrogen and oxygen atoms in total. The third kappa shape index (κ3) is 10.4. The molecule has 0 saturated heterocycles. The smallest absolute Gasteiger partial charge is 0.0796 e. The third-order valence-corrected chi connectivity index (χ3v) is 2.66. The molecule has 1 aromatic rings. The van der Waals surface area contributed by atoms with Crippen molar-refractivity contribution < 1.29 is 14.2 Å². The zero-order valence-electron chi connectivity index (χ0n) is 13.4. The first-order valence-electron chi connectivity index (χ1n) is 7.52. The molecule has 0 spiro atoms. The Hall–Kier alpha value is -1.02. The number of nitrogens with zero attached hydrogens (tertiary/aromatic N) is 3. The lowest BCUT2D eigenvalue weighted by Crippen LogP contribution is -2.27. The molecule has 1 N–H and O–H groups in total.